The molecule has 1 atom stereocenters. The molecule has 0 fully saturated rings. The fourth-order valence-corrected chi connectivity index (χ4v) is 4.11. The van der Waals surface area contributed by atoms with E-state index in [1.165, 1.54) is 4.90 Å². The SMILES string of the molecule is COc1cccc(Oc2nc3c(n2Cc2ccc(Cl)cc2)C(=O)[N+](C)(CCOCCO)C(=O)N3C)c1. The molecule has 2 heterocycles. The molecular weight excluding hydrogens is 488 g/mol. The van der Waals surface area contributed by atoms with Crippen LogP contribution in [0, 0.1) is 0 Å². The molecule has 2 aromatic carbocycles. The van der Waals surface area contributed by atoms with Crippen LogP contribution >= 0.6 is 11.6 Å². The second-order valence-corrected chi connectivity index (χ2v) is 8.89. The van der Waals surface area contributed by atoms with Crippen molar-refractivity contribution in [3.05, 3.63) is 64.8 Å². The molecule has 4 rings (SSSR count). The number of halogens is 1. The first-order valence-electron chi connectivity index (χ1n) is 11.3. The first kappa shape index (κ1) is 25.6. The lowest BCUT2D eigenvalue weighted by Gasteiger charge is -2.35. The molecule has 1 N–H and O–H groups in total. The third-order valence-electron chi connectivity index (χ3n) is 6.01. The number of ether oxygens (including phenoxy) is 3. The largest absolute Gasteiger partial charge is 0.497 e. The Hall–Kier alpha value is -3.44. The Morgan fingerprint density at radius 1 is 1.08 bits per heavy atom. The fraction of sp³-hybridized carbons (Fsp3) is 0.320. The highest BCUT2D eigenvalue weighted by molar-refractivity contribution is 6.30. The number of urea groups is 1. The molecule has 1 aromatic heterocycles. The maximum absolute atomic E-state index is 13.9. The molecule has 190 valence electrons. The highest BCUT2D eigenvalue weighted by Gasteiger charge is 2.52. The summed E-state index contributed by atoms with van der Waals surface area (Å²) in [7, 11) is 4.68. The Balaban J connectivity index is 1.78. The quantitative estimate of drug-likeness (QED) is 0.325. The standard InChI is InChI=1S/C25H28ClN4O6/c1-28-22-21(23(32)30(2,25(28)33)11-13-35-14-12-31)29(16-17-7-9-18(26)10-8-17)24(27-22)36-20-6-4-5-19(15-20)34-3/h4-10,15,31H,11-14,16H2,1-3H3/q+1. The molecule has 0 radical (unpaired) electrons. The number of aromatic nitrogens is 2. The van der Waals surface area contributed by atoms with Crippen LogP contribution in [0.1, 0.15) is 16.1 Å². The van der Waals surface area contributed by atoms with E-state index in [0.717, 1.165) is 5.56 Å². The number of methoxy groups -OCH3 is 1. The second kappa shape index (κ2) is 10.7. The van der Waals surface area contributed by atoms with Gasteiger partial charge >= 0.3 is 17.9 Å². The minimum Gasteiger partial charge on any atom is -0.497 e. The number of anilines is 1. The van der Waals surface area contributed by atoms with Crippen molar-refractivity contribution in [2.75, 3.05) is 52.5 Å². The van der Waals surface area contributed by atoms with Crippen LogP contribution in [-0.4, -0.2) is 78.6 Å². The third-order valence-corrected chi connectivity index (χ3v) is 6.27. The summed E-state index contributed by atoms with van der Waals surface area (Å²) in [5.74, 6) is 0.847. The van der Waals surface area contributed by atoms with Gasteiger partial charge in [-0.1, -0.05) is 29.8 Å². The number of imidazole rings is 1. The molecule has 0 saturated carbocycles. The average molecular weight is 516 g/mol. The van der Waals surface area contributed by atoms with Crippen molar-refractivity contribution in [1.29, 1.82) is 0 Å². The number of hydrogen-bond acceptors (Lipinski definition) is 7. The molecule has 0 bridgehead atoms. The van der Waals surface area contributed by atoms with E-state index in [0.29, 0.717) is 16.5 Å². The molecule has 0 saturated heterocycles. The van der Waals surface area contributed by atoms with Gasteiger partial charge in [0.25, 0.3) is 0 Å². The number of quaternary nitrogens is 1. The number of aliphatic hydroxyl groups excluding tert-OH is 1. The predicted octanol–water partition coefficient (Wildman–Crippen LogP) is 3.55. The van der Waals surface area contributed by atoms with E-state index in [1.807, 2.05) is 12.1 Å². The molecule has 3 aromatic rings. The highest BCUT2D eigenvalue weighted by atomic mass is 35.5. The summed E-state index contributed by atoms with van der Waals surface area (Å²) in [4.78, 5) is 33.1. The summed E-state index contributed by atoms with van der Waals surface area (Å²) >= 11 is 6.06. The van der Waals surface area contributed by atoms with Crippen molar-refractivity contribution in [2.24, 2.45) is 0 Å². The van der Waals surface area contributed by atoms with Gasteiger partial charge in [0.15, 0.2) is 11.5 Å². The number of aliphatic hydroxyl groups is 1. The zero-order valence-corrected chi connectivity index (χ0v) is 21.1. The Morgan fingerprint density at radius 2 is 1.81 bits per heavy atom. The van der Waals surface area contributed by atoms with E-state index in [4.69, 9.17) is 30.9 Å². The van der Waals surface area contributed by atoms with E-state index in [9.17, 15) is 9.59 Å². The van der Waals surface area contributed by atoms with E-state index in [2.05, 4.69) is 4.98 Å². The maximum atomic E-state index is 13.9. The van der Waals surface area contributed by atoms with Gasteiger partial charge in [-0.3, -0.25) is 4.57 Å². The van der Waals surface area contributed by atoms with Gasteiger partial charge in [-0.05, 0) is 29.8 Å². The average Bonchev–Trinajstić information content (AvgIpc) is 3.23. The first-order valence-corrected chi connectivity index (χ1v) is 11.7. The van der Waals surface area contributed by atoms with Crippen molar-refractivity contribution in [2.45, 2.75) is 6.54 Å². The molecular formula is C25H28ClN4O6+. The first-order chi connectivity index (χ1) is 17.3. The van der Waals surface area contributed by atoms with Gasteiger partial charge in [-0.15, -0.1) is 0 Å². The molecule has 0 aliphatic carbocycles. The maximum Gasteiger partial charge on any atom is 0.432 e. The van der Waals surface area contributed by atoms with Gasteiger partial charge in [-0.25, -0.2) is 14.5 Å². The number of carbonyl (C=O) groups is 2. The van der Waals surface area contributed by atoms with Gasteiger partial charge in [0, 0.05) is 18.1 Å². The fourth-order valence-electron chi connectivity index (χ4n) is 3.99. The van der Waals surface area contributed by atoms with Crippen LogP contribution in [0.15, 0.2) is 48.5 Å². The van der Waals surface area contributed by atoms with E-state index in [-0.39, 0.29) is 50.4 Å². The van der Waals surface area contributed by atoms with Gasteiger partial charge in [-0.2, -0.15) is 9.47 Å². The number of rotatable bonds is 10. The van der Waals surface area contributed by atoms with Gasteiger partial charge < -0.3 is 19.3 Å². The van der Waals surface area contributed by atoms with E-state index in [1.54, 1.807) is 62.2 Å². The Bertz CT molecular complexity index is 1260. The van der Waals surface area contributed by atoms with Crippen molar-refractivity contribution in [3.63, 3.8) is 0 Å². The number of likely N-dealkylation sites (N-methyl/N-ethyl adjacent to an activating group) is 1. The second-order valence-electron chi connectivity index (χ2n) is 8.46. The van der Waals surface area contributed by atoms with Crippen molar-refractivity contribution < 1.29 is 33.4 Å². The zero-order chi connectivity index (χ0) is 25.9. The van der Waals surface area contributed by atoms with E-state index >= 15 is 0 Å². The molecule has 10 nitrogen and oxygen atoms in total. The lowest BCUT2D eigenvalue weighted by Crippen LogP contribution is -2.63. The number of imide groups is 1. The summed E-state index contributed by atoms with van der Waals surface area (Å²) in [6, 6.07) is 14.0. The normalized spacial score (nSPS) is 17.3. The Morgan fingerprint density at radius 3 is 2.50 bits per heavy atom. The smallest absolute Gasteiger partial charge is 0.432 e. The monoisotopic (exact) mass is 515 g/mol. The minimum absolute atomic E-state index is 0.0969. The predicted molar refractivity (Wildman–Crippen MR) is 133 cm³/mol. The van der Waals surface area contributed by atoms with Gasteiger partial charge in [0.2, 0.25) is 0 Å². The lowest BCUT2D eigenvalue weighted by molar-refractivity contribution is -0.745. The topological polar surface area (TPSA) is 103 Å². The van der Waals surface area contributed by atoms with E-state index < -0.39 is 16.4 Å². The molecule has 1 aliphatic heterocycles. The number of carbonyl (C=O) groups excluding carboxylic acids is 2. The van der Waals surface area contributed by atoms with Crippen LogP contribution in [0.2, 0.25) is 5.02 Å². The zero-order valence-electron chi connectivity index (χ0n) is 20.3. The number of amides is 3. The van der Waals surface area contributed by atoms with Gasteiger partial charge in [0.1, 0.15) is 18.0 Å². The summed E-state index contributed by atoms with van der Waals surface area (Å²) in [5, 5.41) is 9.57. The summed E-state index contributed by atoms with van der Waals surface area (Å²) in [6.07, 6.45) is 0. The van der Waals surface area contributed by atoms with Crippen LogP contribution in [0.25, 0.3) is 0 Å². The molecule has 36 heavy (non-hydrogen) atoms. The number of hydrogen-bond donors (Lipinski definition) is 1. The van der Waals surface area contributed by atoms with Crippen LogP contribution < -0.4 is 14.4 Å². The van der Waals surface area contributed by atoms with Gasteiger partial charge in [0.05, 0.1) is 40.5 Å². The summed E-state index contributed by atoms with van der Waals surface area (Å²) in [5.41, 5.74) is 1.11. The van der Waals surface area contributed by atoms with Crippen LogP contribution in [-0.2, 0) is 11.3 Å². The van der Waals surface area contributed by atoms with Crippen LogP contribution in [0.4, 0.5) is 10.6 Å². The molecule has 3 amide bonds. The molecule has 1 aliphatic rings. The highest BCUT2D eigenvalue weighted by Crippen LogP contribution is 2.36. The molecule has 11 heteroatoms. The minimum atomic E-state index is -0.542. The lowest BCUT2D eigenvalue weighted by atomic mass is 10.2. The third kappa shape index (κ3) is 4.93. The molecule has 1 unspecified atom stereocenters. The Labute approximate surface area is 213 Å². The molecule has 0 spiro atoms. The Kier molecular flexibility index (Phi) is 7.60. The van der Waals surface area contributed by atoms with Crippen molar-refractivity contribution in [3.8, 4) is 17.5 Å². The van der Waals surface area contributed by atoms with Crippen molar-refractivity contribution >= 4 is 29.4 Å². The van der Waals surface area contributed by atoms with Crippen LogP contribution in [0.5, 0.6) is 17.5 Å². The number of benzene rings is 2. The number of nitrogens with zero attached hydrogens (tertiary/aromatic N) is 4. The number of fused-ring (bicyclic) bond motifs is 1. The van der Waals surface area contributed by atoms with Crippen LogP contribution in [0.3, 0.4) is 0 Å². The summed E-state index contributed by atoms with van der Waals surface area (Å²) < 4.78 is 17.9. The summed E-state index contributed by atoms with van der Waals surface area (Å²) in [6.45, 7) is 0.453. The van der Waals surface area contributed by atoms with Crippen molar-refractivity contribution in [1.82, 2.24) is 9.55 Å².